The van der Waals surface area contributed by atoms with Crippen molar-refractivity contribution in [3.8, 4) is 5.75 Å². The molecule has 0 radical (unpaired) electrons. The summed E-state index contributed by atoms with van der Waals surface area (Å²) in [4.78, 5) is 25.2. The summed E-state index contributed by atoms with van der Waals surface area (Å²) in [5.74, 6) is -0.0958. The maximum atomic E-state index is 12.3. The average molecular weight is 423 g/mol. The first-order chi connectivity index (χ1) is 11.9. The number of ether oxygens (including phenoxy) is 1. The Morgan fingerprint density at radius 3 is 2.60 bits per heavy atom. The number of thiophene rings is 1. The van der Waals surface area contributed by atoms with E-state index in [2.05, 4.69) is 21.2 Å². The molecule has 0 spiro atoms. The van der Waals surface area contributed by atoms with Crippen molar-refractivity contribution in [3.63, 3.8) is 0 Å². The molecule has 1 aromatic carbocycles. The molecule has 0 saturated heterocycles. The van der Waals surface area contributed by atoms with Crippen molar-refractivity contribution in [2.45, 2.75) is 33.1 Å². The van der Waals surface area contributed by atoms with E-state index in [-0.39, 0.29) is 12.5 Å². The topological polar surface area (TPSA) is 81.4 Å². The van der Waals surface area contributed by atoms with Crippen LogP contribution in [0.15, 0.2) is 16.6 Å². The van der Waals surface area contributed by atoms with Gasteiger partial charge in [0.15, 0.2) is 6.61 Å². The Labute approximate surface area is 158 Å². The highest BCUT2D eigenvalue weighted by molar-refractivity contribution is 9.10. The number of carbonyl (C=O) groups excluding carboxylic acids is 2. The number of fused-ring (bicyclic) bond motifs is 1. The molecule has 0 aliphatic heterocycles. The number of hydrogen-bond donors (Lipinski definition) is 2. The van der Waals surface area contributed by atoms with E-state index in [0.717, 1.165) is 45.3 Å². The minimum Gasteiger partial charge on any atom is -0.483 e. The third-order valence-corrected chi connectivity index (χ3v) is 5.86. The van der Waals surface area contributed by atoms with Crippen LogP contribution in [0.25, 0.3) is 0 Å². The largest absolute Gasteiger partial charge is 0.483 e. The van der Waals surface area contributed by atoms with Gasteiger partial charge in [-0.25, -0.2) is 0 Å². The number of aryl methyl sites for hydroxylation is 3. The predicted octanol–water partition coefficient (Wildman–Crippen LogP) is 3.73. The second-order valence-corrected chi connectivity index (χ2v) is 8.15. The number of hydrogen-bond acceptors (Lipinski definition) is 4. The van der Waals surface area contributed by atoms with Crippen LogP contribution in [0, 0.1) is 13.8 Å². The zero-order valence-corrected chi connectivity index (χ0v) is 16.5. The van der Waals surface area contributed by atoms with E-state index < -0.39 is 5.91 Å². The standard InChI is InChI=1S/C18H19BrN2O3S/c1-9-6-11(19)7-10(2)16(9)24-8-14(22)21-18-15(17(20)23)12-4-3-5-13(12)25-18/h6-7H,3-5,8H2,1-2H3,(H2,20,23)(H,21,22). The van der Waals surface area contributed by atoms with Gasteiger partial charge in [0.2, 0.25) is 0 Å². The molecule has 3 rings (SSSR count). The van der Waals surface area contributed by atoms with Gasteiger partial charge in [-0.3, -0.25) is 9.59 Å². The van der Waals surface area contributed by atoms with Gasteiger partial charge in [0.05, 0.1) is 5.56 Å². The molecule has 0 atom stereocenters. The van der Waals surface area contributed by atoms with Crippen LogP contribution in [0.1, 0.15) is 38.3 Å². The van der Waals surface area contributed by atoms with Crippen LogP contribution in [0.4, 0.5) is 5.00 Å². The average Bonchev–Trinajstić information content (AvgIpc) is 3.05. The van der Waals surface area contributed by atoms with E-state index in [1.165, 1.54) is 11.3 Å². The van der Waals surface area contributed by atoms with Crippen molar-refractivity contribution in [2.24, 2.45) is 5.73 Å². The number of benzene rings is 1. The van der Waals surface area contributed by atoms with Gasteiger partial charge in [-0.15, -0.1) is 11.3 Å². The van der Waals surface area contributed by atoms with Gasteiger partial charge in [-0.2, -0.15) is 0 Å². The molecule has 3 N–H and O–H groups in total. The van der Waals surface area contributed by atoms with Crippen LogP contribution < -0.4 is 15.8 Å². The van der Waals surface area contributed by atoms with Crippen LogP contribution in [-0.2, 0) is 17.6 Å². The van der Waals surface area contributed by atoms with Crippen molar-refractivity contribution in [1.29, 1.82) is 0 Å². The van der Waals surface area contributed by atoms with Gasteiger partial charge in [-0.05, 0) is 61.9 Å². The van der Waals surface area contributed by atoms with Crippen LogP contribution >= 0.6 is 27.3 Å². The minimum atomic E-state index is -0.491. The molecule has 0 bridgehead atoms. The minimum absolute atomic E-state index is 0.121. The molecule has 5 nitrogen and oxygen atoms in total. The number of nitrogens with two attached hydrogens (primary N) is 1. The number of halogens is 1. The molecule has 1 heterocycles. The first kappa shape index (κ1) is 17.9. The van der Waals surface area contributed by atoms with Gasteiger partial charge < -0.3 is 15.8 Å². The van der Waals surface area contributed by atoms with Crippen molar-refractivity contribution in [2.75, 3.05) is 11.9 Å². The van der Waals surface area contributed by atoms with Gasteiger partial charge in [0, 0.05) is 9.35 Å². The van der Waals surface area contributed by atoms with Crippen LogP contribution in [0.2, 0.25) is 0 Å². The Morgan fingerprint density at radius 2 is 1.96 bits per heavy atom. The fraction of sp³-hybridized carbons (Fsp3) is 0.333. The normalized spacial score (nSPS) is 12.8. The van der Waals surface area contributed by atoms with E-state index in [9.17, 15) is 9.59 Å². The molecule has 25 heavy (non-hydrogen) atoms. The Bertz CT molecular complexity index is 837. The summed E-state index contributed by atoms with van der Waals surface area (Å²) in [7, 11) is 0. The highest BCUT2D eigenvalue weighted by Crippen LogP contribution is 2.38. The fourth-order valence-electron chi connectivity index (χ4n) is 3.18. The molecule has 7 heteroatoms. The summed E-state index contributed by atoms with van der Waals surface area (Å²) in [5, 5.41) is 3.32. The molecule has 2 amide bonds. The molecular formula is C18H19BrN2O3S. The summed E-state index contributed by atoms with van der Waals surface area (Å²) in [6.45, 7) is 3.74. The van der Waals surface area contributed by atoms with Gasteiger partial charge in [0.25, 0.3) is 11.8 Å². The summed E-state index contributed by atoms with van der Waals surface area (Å²) in [6, 6.07) is 3.88. The number of rotatable bonds is 5. The first-order valence-electron chi connectivity index (χ1n) is 8.00. The lowest BCUT2D eigenvalue weighted by Gasteiger charge is -2.13. The lowest BCUT2D eigenvalue weighted by Crippen LogP contribution is -2.22. The van der Waals surface area contributed by atoms with Crippen LogP contribution in [0.3, 0.4) is 0 Å². The molecule has 132 valence electrons. The molecule has 2 aromatic rings. The second-order valence-electron chi connectivity index (χ2n) is 6.13. The summed E-state index contributed by atoms with van der Waals surface area (Å²) in [6.07, 6.45) is 2.80. The van der Waals surface area contributed by atoms with Crippen molar-refractivity contribution in [3.05, 3.63) is 43.7 Å². The number of nitrogens with one attached hydrogen (secondary N) is 1. The number of carbonyl (C=O) groups is 2. The molecule has 1 aliphatic carbocycles. The third-order valence-electron chi connectivity index (χ3n) is 4.19. The van der Waals surface area contributed by atoms with Crippen LogP contribution in [-0.4, -0.2) is 18.4 Å². The van der Waals surface area contributed by atoms with Gasteiger partial charge in [0.1, 0.15) is 10.8 Å². The maximum absolute atomic E-state index is 12.3. The highest BCUT2D eigenvalue weighted by Gasteiger charge is 2.26. The molecule has 0 fully saturated rings. The Balaban J connectivity index is 1.71. The fourth-order valence-corrected chi connectivity index (χ4v) is 5.18. The smallest absolute Gasteiger partial charge is 0.262 e. The molecule has 1 aromatic heterocycles. The van der Waals surface area contributed by atoms with Gasteiger partial charge in [-0.1, -0.05) is 15.9 Å². The molecule has 1 aliphatic rings. The number of primary amides is 1. The van der Waals surface area contributed by atoms with Gasteiger partial charge >= 0.3 is 0 Å². The Morgan fingerprint density at radius 1 is 1.28 bits per heavy atom. The number of anilines is 1. The molecular weight excluding hydrogens is 404 g/mol. The van der Waals surface area contributed by atoms with E-state index in [4.69, 9.17) is 10.5 Å². The second kappa shape index (κ2) is 7.17. The summed E-state index contributed by atoms with van der Waals surface area (Å²) < 4.78 is 6.66. The quantitative estimate of drug-likeness (QED) is 0.769. The lowest BCUT2D eigenvalue weighted by atomic mass is 10.1. The van der Waals surface area contributed by atoms with Crippen LogP contribution in [0.5, 0.6) is 5.75 Å². The SMILES string of the molecule is Cc1cc(Br)cc(C)c1OCC(=O)Nc1sc2c(c1C(N)=O)CCC2. The highest BCUT2D eigenvalue weighted by atomic mass is 79.9. The van der Waals surface area contributed by atoms with Crippen molar-refractivity contribution < 1.29 is 14.3 Å². The van der Waals surface area contributed by atoms with E-state index in [1.807, 2.05) is 26.0 Å². The maximum Gasteiger partial charge on any atom is 0.262 e. The molecule has 0 unspecified atom stereocenters. The molecule has 0 saturated carbocycles. The summed E-state index contributed by atoms with van der Waals surface area (Å²) >= 11 is 4.88. The number of amides is 2. The zero-order chi connectivity index (χ0) is 18.1. The van der Waals surface area contributed by atoms with E-state index in [0.29, 0.717) is 16.3 Å². The van der Waals surface area contributed by atoms with Crippen molar-refractivity contribution >= 4 is 44.1 Å². The Hall–Kier alpha value is -1.86. The summed E-state index contributed by atoms with van der Waals surface area (Å²) in [5.41, 5.74) is 8.86. The van der Waals surface area contributed by atoms with Crippen molar-refractivity contribution in [1.82, 2.24) is 0 Å². The first-order valence-corrected chi connectivity index (χ1v) is 9.61. The third kappa shape index (κ3) is 3.72. The Kier molecular flexibility index (Phi) is 5.15. The monoisotopic (exact) mass is 422 g/mol. The van der Waals surface area contributed by atoms with E-state index in [1.54, 1.807) is 0 Å². The lowest BCUT2D eigenvalue weighted by molar-refractivity contribution is -0.118. The zero-order valence-electron chi connectivity index (χ0n) is 14.1. The van der Waals surface area contributed by atoms with E-state index >= 15 is 0 Å². The predicted molar refractivity (Wildman–Crippen MR) is 103 cm³/mol.